The lowest BCUT2D eigenvalue weighted by atomic mass is 10.1. The van der Waals surface area contributed by atoms with Gasteiger partial charge in [0.25, 0.3) is 0 Å². The van der Waals surface area contributed by atoms with Crippen LogP contribution >= 0.6 is 23.2 Å². The van der Waals surface area contributed by atoms with Crippen molar-refractivity contribution in [3.63, 3.8) is 0 Å². The molecule has 1 amide bonds. The van der Waals surface area contributed by atoms with Gasteiger partial charge in [-0.25, -0.2) is 0 Å². The molecule has 1 atom stereocenters. The van der Waals surface area contributed by atoms with Crippen LogP contribution in [0.25, 0.3) is 0 Å². The number of rotatable bonds is 2. The molecular weight excluding hydrogens is 245 g/mol. The Labute approximate surface area is 105 Å². The van der Waals surface area contributed by atoms with Crippen molar-refractivity contribution in [3.05, 3.63) is 29.3 Å². The van der Waals surface area contributed by atoms with Crippen LogP contribution in [-0.4, -0.2) is 10.2 Å². The van der Waals surface area contributed by atoms with Crippen LogP contribution in [0.15, 0.2) is 18.2 Å². The zero-order valence-corrected chi connectivity index (χ0v) is 10.7. The first kappa shape index (κ1) is 11.7. The number of anilines is 1. The SMILES string of the molecule is Cc1ccc(C)c(NC(=O)[C@H]2CC2(Cl)Cl)c1. The van der Waals surface area contributed by atoms with Crippen LogP contribution in [0.3, 0.4) is 0 Å². The molecule has 86 valence electrons. The summed E-state index contributed by atoms with van der Waals surface area (Å²) in [4.78, 5) is 11.8. The monoisotopic (exact) mass is 257 g/mol. The molecule has 1 aromatic carbocycles. The second kappa shape index (κ2) is 3.94. The van der Waals surface area contributed by atoms with Gasteiger partial charge in [0, 0.05) is 5.69 Å². The van der Waals surface area contributed by atoms with Crippen LogP contribution in [0, 0.1) is 19.8 Å². The summed E-state index contributed by atoms with van der Waals surface area (Å²) < 4.78 is -0.859. The Hall–Kier alpha value is -0.730. The molecule has 0 bridgehead atoms. The lowest BCUT2D eigenvalue weighted by Gasteiger charge is -2.09. The Morgan fingerprint density at radius 2 is 2.06 bits per heavy atom. The van der Waals surface area contributed by atoms with E-state index < -0.39 is 4.33 Å². The van der Waals surface area contributed by atoms with Crippen molar-refractivity contribution in [1.82, 2.24) is 0 Å². The van der Waals surface area contributed by atoms with Crippen LogP contribution < -0.4 is 5.32 Å². The van der Waals surface area contributed by atoms with Gasteiger partial charge in [-0.2, -0.15) is 0 Å². The number of nitrogens with one attached hydrogen (secondary N) is 1. The van der Waals surface area contributed by atoms with E-state index >= 15 is 0 Å². The van der Waals surface area contributed by atoms with Gasteiger partial charge in [0.15, 0.2) is 0 Å². The molecule has 0 aromatic heterocycles. The standard InChI is InChI=1S/C12H13Cl2NO/c1-7-3-4-8(2)10(5-7)15-11(16)9-6-12(9,13)14/h3-5,9H,6H2,1-2H3,(H,15,16)/t9-/m1/s1. The third-order valence-corrected chi connectivity index (χ3v) is 3.63. The van der Waals surface area contributed by atoms with Crippen molar-refractivity contribution >= 4 is 34.8 Å². The highest BCUT2D eigenvalue weighted by atomic mass is 35.5. The molecule has 1 N–H and O–H groups in total. The Morgan fingerprint density at radius 3 is 2.62 bits per heavy atom. The minimum atomic E-state index is -0.859. The van der Waals surface area contributed by atoms with Crippen molar-refractivity contribution in [2.75, 3.05) is 5.32 Å². The quantitative estimate of drug-likeness (QED) is 0.809. The Balaban J connectivity index is 2.10. The molecule has 0 saturated heterocycles. The fraction of sp³-hybridized carbons (Fsp3) is 0.417. The average Bonchev–Trinajstić information content (AvgIpc) is 2.82. The van der Waals surface area contributed by atoms with E-state index in [1.165, 1.54) is 0 Å². The molecular formula is C12H13Cl2NO. The van der Waals surface area contributed by atoms with Crippen molar-refractivity contribution in [2.45, 2.75) is 24.6 Å². The Kier molecular flexibility index (Phi) is 2.89. The highest BCUT2D eigenvalue weighted by Gasteiger charge is 2.56. The van der Waals surface area contributed by atoms with E-state index in [0.29, 0.717) is 6.42 Å². The minimum Gasteiger partial charge on any atom is -0.326 e. The Bertz CT molecular complexity index is 443. The molecule has 4 heteroatoms. The Morgan fingerprint density at radius 1 is 1.44 bits per heavy atom. The zero-order chi connectivity index (χ0) is 11.9. The maximum atomic E-state index is 11.8. The second-order valence-corrected chi connectivity index (χ2v) is 5.87. The van der Waals surface area contributed by atoms with Gasteiger partial charge < -0.3 is 5.32 Å². The first-order chi connectivity index (χ1) is 7.40. The van der Waals surface area contributed by atoms with Gasteiger partial charge in [-0.1, -0.05) is 12.1 Å². The summed E-state index contributed by atoms with van der Waals surface area (Å²) in [6, 6.07) is 5.93. The number of hydrogen-bond donors (Lipinski definition) is 1. The van der Waals surface area contributed by atoms with Gasteiger partial charge >= 0.3 is 0 Å². The predicted molar refractivity (Wildman–Crippen MR) is 67.1 cm³/mol. The van der Waals surface area contributed by atoms with Gasteiger partial charge in [0.2, 0.25) is 5.91 Å². The van der Waals surface area contributed by atoms with Gasteiger partial charge in [-0.15, -0.1) is 23.2 Å². The summed E-state index contributed by atoms with van der Waals surface area (Å²) in [5.74, 6) is -0.380. The molecule has 2 nitrogen and oxygen atoms in total. The summed E-state index contributed by atoms with van der Waals surface area (Å²) in [5.41, 5.74) is 2.98. The van der Waals surface area contributed by atoms with Crippen LogP contribution in [0.4, 0.5) is 5.69 Å². The highest BCUT2D eigenvalue weighted by molar-refractivity contribution is 6.52. The van der Waals surface area contributed by atoms with E-state index in [9.17, 15) is 4.79 Å². The van der Waals surface area contributed by atoms with Crippen LogP contribution in [0.2, 0.25) is 0 Å². The van der Waals surface area contributed by atoms with Crippen molar-refractivity contribution in [2.24, 2.45) is 5.92 Å². The van der Waals surface area contributed by atoms with Gasteiger partial charge in [-0.05, 0) is 37.5 Å². The lowest BCUT2D eigenvalue weighted by molar-refractivity contribution is -0.117. The fourth-order valence-corrected chi connectivity index (χ4v) is 2.09. The molecule has 16 heavy (non-hydrogen) atoms. The first-order valence-corrected chi connectivity index (χ1v) is 5.92. The maximum Gasteiger partial charge on any atom is 0.230 e. The summed E-state index contributed by atoms with van der Waals surface area (Å²) in [6.45, 7) is 3.94. The van der Waals surface area contributed by atoms with E-state index in [-0.39, 0.29) is 11.8 Å². The maximum absolute atomic E-state index is 11.8. The summed E-state index contributed by atoms with van der Waals surface area (Å²) in [7, 11) is 0. The first-order valence-electron chi connectivity index (χ1n) is 5.16. The van der Waals surface area contributed by atoms with Crippen LogP contribution in [0.5, 0.6) is 0 Å². The van der Waals surface area contributed by atoms with Crippen LogP contribution in [-0.2, 0) is 4.79 Å². The molecule has 1 saturated carbocycles. The van der Waals surface area contributed by atoms with Gasteiger partial charge in [0.05, 0.1) is 5.92 Å². The van der Waals surface area contributed by atoms with E-state index in [0.717, 1.165) is 16.8 Å². The van der Waals surface area contributed by atoms with Crippen molar-refractivity contribution in [3.8, 4) is 0 Å². The molecule has 0 heterocycles. The van der Waals surface area contributed by atoms with E-state index in [1.54, 1.807) is 0 Å². The van der Waals surface area contributed by atoms with Gasteiger partial charge in [-0.3, -0.25) is 4.79 Å². The third-order valence-electron chi connectivity index (χ3n) is 2.79. The lowest BCUT2D eigenvalue weighted by Crippen LogP contribution is -2.17. The number of alkyl halides is 2. The predicted octanol–water partition coefficient (Wildman–Crippen LogP) is 3.44. The number of aryl methyl sites for hydroxylation is 2. The summed E-state index contributed by atoms with van der Waals surface area (Å²) in [5, 5.41) is 2.86. The van der Waals surface area contributed by atoms with Gasteiger partial charge in [0.1, 0.15) is 4.33 Å². The molecule has 2 rings (SSSR count). The topological polar surface area (TPSA) is 29.1 Å². The molecule has 0 radical (unpaired) electrons. The fourth-order valence-electron chi connectivity index (χ4n) is 1.59. The number of halogens is 2. The second-order valence-electron chi connectivity index (χ2n) is 4.33. The van der Waals surface area contributed by atoms with Crippen molar-refractivity contribution in [1.29, 1.82) is 0 Å². The third kappa shape index (κ3) is 2.33. The van der Waals surface area contributed by atoms with E-state index in [4.69, 9.17) is 23.2 Å². The molecule has 1 aliphatic rings. The number of carbonyl (C=O) groups excluding carboxylic acids is 1. The average molecular weight is 258 g/mol. The smallest absolute Gasteiger partial charge is 0.230 e. The molecule has 1 aromatic rings. The van der Waals surface area contributed by atoms with E-state index in [1.807, 2.05) is 32.0 Å². The molecule has 0 unspecified atom stereocenters. The van der Waals surface area contributed by atoms with Crippen molar-refractivity contribution < 1.29 is 4.79 Å². The molecule has 0 aliphatic heterocycles. The molecule has 1 fully saturated rings. The number of carbonyl (C=O) groups is 1. The minimum absolute atomic E-state index is 0.0984. The summed E-state index contributed by atoms with van der Waals surface area (Å²) in [6.07, 6.45) is 0.535. The summed E-state index contributed by atoms with van der Waals surface area (Å²) >= 11 is 11.7. The van der Waals surface area contributed by atoms with E-state index in [2.05, 4.69) is 5.32 Å². The largest absolute Gasteiger partial charge is 0.326 e. The molecule has 1 aliphatic carbocycles. The highest BCUT2D eigenvalue weighted by Crippen LogP contribution is 2.53. The van der Waals surface area contributed by atoms with Crippen LogP contribution in [0.1, 0.15) is 17.5 Å². The zero-order valence-electron chi connectivity index (χ0n) is 9.18. The molecule has 0 spiro atoms. The number of benzene rings is 1. The number of amides is 1. The number of hydrogen-bond acceptors (Lipinski definition) is 1. The normalized spacial score (nSPS) is 21.6.